The van der Waals surface area contributed by atoms with Gasteiger partial charge in [-0.15, -0.1) is 13.2 Å². The Morgan fingerprint density at radius 3 is 2.71 bits per heavy atom. The minimum Gasteiger partial charge on any atom is -0.410 e. The highest BCUT2D eigenvalue weighted by Gasteiger charge is 2.31. The fraction of sp³-hybridized carbons (Fsp3) is 0.333. The molecule has 2 N–H and O–H groups in total. The summed E-state index contributed by atoms with van der Waals surface area (Å²) in [6, 6.07) is 0. The third-order valence-electron chi connectivity index (χ3n) is 1.59. The highest BCUT2D eigenvalue weighted by Crippen LogP contribution is 2.24. The van der Waals surface area contributed by atoms with Crippen LogP contribution in [-0.2, 0) is 4.74 Å². The molecule has 0 aromatic heterocycles. The molecule has 0 aromatic carbocycles. The summed E-state index contributed by atoms with van der Waals surface area (Å²) in [4.78, 5) is 0. The van der Waals surface area contributed by atoms with Crippen LogP contribution in [0, 0.1) is 0 Å². The molecule has 0 fully saturated rings. The lowest BCUT2D eigenvalue weighted by atomic mass is 10.2. The van der Waals surface area contributed by atoms with Crippen molar-refractivity contribution < 1.29 is 17.9 Å². The molecule has 0 saturated carbocycles. The zero-order chi connectivity index (χ0) is 10.6. The first kappa shape index (κ1) is 10.8. The zero-order valence-corrected chi connectivity index (χ0v) is 7.34. The van der Waals surface area contributed by atoms with E-state index >= 15 is 0 Å². The average Bonchev–Trinajstić information content (AvgIpc) is 2.26. The van der Waals surface area contributed by atoms with Crippen molar-refractivity contribution in [2.75, 3.05) is 6.54 Å². The monoisotopic (exact) mass is 205 g/mol. The highest BCUT2D eigenvalue weighted by molar-refractivity contribution is 5.30. The van der Waals surface area contributed by atoms with Gasteiger partial charge in [-0.1, -0.05) is 18.2 Å². The standard InChI is InChI=1S/C9H10F3NO/c10-9(11,12)14-8-4-2-1-3-7(5-8)6-13/h1-3,5H,4,6,13H2. The van der Waals surface area contributed by atoms with Crippen LogP contribution in [0.15, 0.2) is 35.6 Å². The van der Waals surface area contributed by atoms with Gasteiger partial charge in [0.05, 0.1) is 0 Å². The molecular formula is C9H10F3NO. The van der Waals surface area contributed by atoms with Crippen molar-refractivity contribution in [2.45, 2.75) is 12.8 Å². The first-order chi connectivity index (χ1) is 6.51. The normalized spacial score (nSPS) is 17.1. The summed E-state index contributed by atoms with van der Waals surface area (Å²) in [5.41, 5.74) is 5.92. The summed E-state index contributed by atoms with van der Waals surface area (Å²) < 4.78 is 39.4. The molecule has 0 radical (unpaired) electrons. The first-order valence-corrected chi connectivity index (χ1v) is 4.03. The Kier molecular flexibility index (Phi) is 3.35. The van der Waals surface area contributed by atoms with Gasteiger partial charge in [0.2, 0.25) is 0 Å². The van der Waals surface area contributed by atoms with Gasteiger partial charge in [0, 0.05) is 13.0 Å². The summed E-state index contributed by atoms with van der Waals surface area (Å²) in [5.74, 6) is -0.136. The van der Waals surface area contributed by atoms with E-state index in [9.17, 15) is 13.2 Å². The van der Waals surface area contributed by atoms with Crippen LogP contribution in [0.25, 0.3) is 0 Å². The van der Waals surface area contributed by atoms with Gasteiger partial charge in [-0.2, -0.15) is 0 Å². The molecule has 0 aliphatic heterocycles. The van der Waals surface area contributed by atoms with E-state index in [0.29, 0.717) is 5.57 Å². The Bertz CT molecular complexity index is 289. The minimum atomic E-state index is -4.64. The lowest BCUT2D eigenvalue weighted by Gasteiger charge is -2.10. The quantitative estimate of drug-likeness (QED) is 0.750. The summed E-state index contributed by atoms with van der Waals surface area (Å²) in [7, 11) is 0. The first-order valence-electron chi connectivity index (χ1n) is 4.03. The van der Waals surface area contributed by atoms with Crippen molar-refractivity contribution >= 4 is 0 Å². The number of alkyl halides is 3. The summed E-state index contributed by atoms with van der Waals surface area (Å²) in [5, 5.41) is 0. The molecule has 0 bridgehead atoms. The molecule has 0 aromatic rings. The Labute approximate surface area is 79.5 Å². The van der Waals surface area contributed by atoms with Crippen molar-refractivity contribution in [3.8, 4) is 0 Å². The number of hydrogen-bond acceptors (Lipinski definition) is 2. The van der Waals surface area contributed by atoms with E-state index in [0.717, 1.165) is 0 Å². The van der Waals surface area contributed by atoms with Gasteiger partial charge in [0.15, 0.2) is 0 Å². The molecule has 0 unspecified atom stereocenters. The van der Waals surface area contributed by atoms with E-state index in [1.807, 2.05) is 0 Å². The van der Waals surface area contributed by atoms with Crippen molar-refractivity contribution in [1.29, 1.82) is 0 Å². The minimum absolute atomic E-state index is 0.125. The third-order valence-corrected chi connectivity index (χ3v) is 1.59. The molecule has 78 valence electrons. The molecule has 0 amide bonds. The van der Waals surface area contributed by atoms with Crippen LogP contribution in [0.4, 0.5) is 13.2 Å². The molecule has 14 heavy (non-hydrogen) atoms. The highest BCUT2D eigenvalue weighted by atomic mass is 19.4. The molecule has 1 aliphatic carbocycles. The van der Waals surface area contributed by atoms with Crippen molar-refractivity contribution in [2.24, 2.45) is 5.73 Å². The second kappa shape index (κ2) is 4.32. The summed E-state index contributed by atoms with van der Waals surface area (Å²) in [6.45, 7) is 0.190. The number of allylic oxidation sites excluding steroid dienone is 3. The second-order valence-corrected chi connectivity index (χ2v) is 2.74. The lowest BCUT2D eigenvalue weighted by Crippen LogP contribution is -2.13. The number of hydrogen-bond donors (Lipinski definition) is 1. The average molecular weight is 205 g/mol. The summed E-state index contributed by atoms with van der Waals surface area (Å²) >= 11 is 0. The number of rotatable bonds is 2. The number of nitrogens with two attached hydrogens (primary N) is 1. The van der Waals surface area contributed by atoms with Gasteiger partial charge in [0.25, 0.3) is 0 Å². The van der Waals surface area contributed by atoms with E-state index < -0.39 is 6.36 Å². The number of halogens is 3. The SMILES string of the molecule is NCC1=CC=CCC(OC(F)(F)F)=C1. The molecule has 1 aliphatic rings. The Hall–Kier alpha value is -1.23. The largest absolute Gasteiger partial charge is 0.572 e. The van der Waals surface area contributed by atoms with Crippen molar-refractivity contribution in [3.05, 3.63) is 35.6 Å². The van der Waals surface area contributed by atoms with Crippen LogP contribution in [0.2, 0.25) is 0 Å². The third kappa shape index (κ3) is 3.66. The van der Waals surface area contributed by atoms with E-state index in [1.54, 1.807) is 18.2 Å². The van der Waals surface area contributed by atoms with Gasteiger partial charge in [-0.05, 0) is 11.6 Å². The van der Waals surface area contributed by atoms with Crippen LogP contribution < -0.4 is 5.73 Å². The van der Waals surface area contributed by atoms with Crippen LogP contribution in [0.1, 0.15) is 6.42 Å². The topological polar surface area (TPSA) is 35.2 Å². The maximum atomic E-state index is 11.9. The van der Waals surface area contributed by atoms with Crippen LogP contribution >= 0.6 is 0 Å². The van der Waals surface area contributed by atoms with Gasteiger partial charge in [-0.3, -0.25) is 0 Å². The Morgan fingerprint density at radius 1 is 1.43 bits per heavy atom. The fourth-order valence-corrected chi connectivity index (χ4v) is 1.04. The molecule has 0 saturated heterocycles. The molecule has 5 heteroatoms. The van der Waals surface area contributed by atoms with E-state index in [4.69, 9.17) is 5.73 Å². The molecule has 0 spiro atoms. The predicted molar refractivity (Wildman–Crippen MR) is 46.1 cm³/mol. The van der Waals surface area contributed by atoms with Gasteiger partial charge in [0.1, 0.15) is 5.76 Å². The van der Waals surface area contributed by atoms with Crippen LogP contribution in [0.3, 0.4) is 0 Å². The molecule has 0 atom stereocenters. The molecule has 0 heterocycles. The lowest BCUT2D eigenvalue weighted by molar-refractivity contribution is -0.305. The Morgan fingerprint density at radius 2 is 2.14 bits per heavy atom. The summed E-state index contributed by atoms with van der Waals surface area (Å²) in [6.07, 6.45) is 1.70. The zero-order valence-electron chi connectivity index (χ0n) is 7.34. The van der Waals surface area contributed by atoms with E-state index in [2.05, 4.69) is 4.74 Å². The number of ether oxygens (including phenoxy) is 1. The van der Waals surface area contributed by atoms with Crippen LogP contribution in [0.5, 0.6) is 0 Å². The maximum absolute atomic E-state index is 11.9. The molecular weight excluding hydrogens is 195 g/mol. The Balaban J connectivity index is 2.74. The van der Waals surface area contributed by atoms with Gasteiger partial charge < -0.3 is 10.5 Å². The maximum Gasteiger partial charge on any atom is 0.572 e. The van der Waals surface area contributed by atoms with Crippen LogP contribution in [-0.4, -0.2) is 12.9 Å². The molecule has 2 nitrogen and oxygen atoms in total. The fourth-order valence-electron chi connectivity index (χ4n) is 1.04. The van der Waals surface area contributed by atoms with Crippen molar-refractivity contribution in [3.63, 3.8) is 0 Å². The van der Waals surface area contributed by atoms with Gasteiger partial charge >= 0.3 is 6.36 Å². The second-order valence-electron chi connectivity index (χ2n) is 2.74. The van der Waals surface area contributed by atoms with Crippen molar-refractivity contribution in [1.82, 2.24) is 0 Å². The smallest absolute Gasteiger partial charge is 0.410 e. The van der Waals surface area contributed by atoms with E-state index in [-0.39, 0.29) is 18.7 Å². The van der Waals surface area contributed by atoms with E-state index in [1.165, 1.54) is 6.08 Å². The van der Waals surface area contributed by atoms with Gasteiger partial charge in [-0.25, -0.2) is 0 Å². The molecule has 1 rings (SSSR count). The predicted octanol–water partition coefficient (Wildman–Crippen LogP) is 2.25.